The molecular weight excluding hydrogens is 272 g/mol. The van der Waals surface area contributed by atoms with Gasteiger partial charge in [0, 0.05) is 25.4 Å². The van der Waals surface area contributed by atoms with Crippen LogP contribution in [0.3, 0.4) is 0 Å². The lowest BCUT2D eigenvalue weighted by Crippen LogP contribution is -2.31. The Morgan fingerprint density at radius 1 is 1.43 bits per heavy atom. The highest BCUT2D eigenvalue weighted by atomic mass is 16.5. The number of likely N-dealkylation sites (tertiary alicyclic amines) is 1. The lowest BCUT2D eigenvalue weighted by atomic mass is 10.2. The molecule has 3 rings (SSSR count). The van der Waals surface area contributed by atoms with E-state index in [1.807, 2.05) is 0 Å². The van der Waals surface area contributed by atoms with Crippen molar-refractivity contribution < 1.29 is 14.1 Å². The Balaban J connectivity index is 1.66. The third-order valence-corrected chi connectivity index (χ3v) is 3.51. The molecular formula is C14H16N4O3. The van der Waals surface area contributed by atoms with Crippen molar-refractivity contribution in [2.24, 2.45) is 0 Å². The number of aromatic nitrogens is 3. The van der Waals surface area contributed by atoms with Crippen LogP contribution in [0.2, 0.25) is 0 Å². The second-order valence-electron chi connectivity index (χ2n) is 5.02. The minimum absolute atomic E-state index is 0.0588. The third kappa shape index (κ3) is 2.72. The summed E-state index contributed by atoms with van der Waals surface area (Å²) in [4.78, 5) is 22.3. The fourth-order valence-electron chi connectivity index (χ4n) is 2.47. The van der Waals surface area contributed by atoms with Crippen molar-refractivity contribution in [2.45, 2.75) is 26.4 Å². The Morgan fingerprint density at radius 3 is 2.95 bits per heavy atom. The first-order valence-electron chi connectivity index (χ1n) is 6.80. The molecule has 0 bridgehead atoms. The number of hydrogen-bond acceptors (Lipinski definition) is 6. The molecule has 7 nitrogen and oxygen atoms in total. The topological polar surface area (TPSA) is 81.4 Å². The van der Waals surface area contributed by atoms with Gasteiger partial charge >= 0.3 is 0 Å². The summed E-state index contributed by atoms with van der Waals surface area (Å²) in [6, 6.07) is 0. The van der Waals surface area contributed by atoms with Crippen LogP contribution in [0.1, 0.15) is 28.2 Å². The number of carbonyl (C=O) groups excluding carboxylic acids is 1. The van der Waals surface area contributed by atoms with Crippen LogP contribution < -0.4 is 4.74 Å². The van der Waals surface area contributed by atoms with Crippen molar-refractivity contribution in [3.8, 4) is 5.88 Å². The summed E-state index contributed by atoms with van der Waals surface area (Å²) in [5.41, 5.74) is 1.17. The molecule has 1 amide bonds. The van der Waals surface area contributed by atoms with Crippen LogP contribution in [0.15, 0.2) is 23.1 Å². The van der Waals surface area contributed by atoms with Gasteiger partial charge in [-0.05, 0) is 13.8 Å². The van der Waals surface area contributed by atoms with Gasteiger partial charge in [0.25, 0.3) is 5.91 Å². The van der Waals surface area contributed by atoms with Crippen molar-refractivity contribution in [3.05, 3.63) is 35.6 Å². The van der Waals surface area contributed by atoms with Crippen molar-refractivity contribution in [1.29, 1.82) is 0 Å². The number of aryl methyl sites for hydroxylation is 2. The van der Waals surface area contributed by atoms with Crippen molar-refractivity contribution in [1.82, 2.24) is 20.0 Å². The summed E-state index contributed by atoms with van der Waals surface area (Å²) in [6.07, 6.45) is 5.45. The zero-order valence-corrected chi connectivity index (χ0v) is 11.9. The van der Waals surface area contributed by atoms with Crippen molar-refractivity contribution >= 4 is 5.91 Å². The summed E-state index contributed by atoms with van der Waals surface area (Å²) >= 11 is 0. The lowest BCUT2D eigenvalue weighted by Gasteiger charge is -2.16. The van der Waals surface area contributed by atoms with E-state index in [2.05, 4.69) is 15.1 Å². The van der Waals surface area contributed by atoms with E-state index in [1.54, 1.807) is 37.3 Å². The highest BCUT2D eigenvalue weighted by Gasteiger charge is 2.31. The summed E-state index contributed by atoms with van der Waals surface area (Å²) in [5, 5.41) is 3.82. The second kappa shape index (κ2) is 5.51. The fourth-order valence-corrected chi connectivity index (χ4v) is 2.47. The molecule has 3 heterocycles. The Hall–Kier alpha value is -2.44. The maximum atomic E-state index is 12.5. The molecule has 1 atom stereocenters. The van der Waals surface area contributed by atoms with Crippen LogP contribution >= 0.6 is 0 Å². The van der Waals surface area contributed by atoms with E-state index < -0.39 is 0 Å². The molecule has 0 spiro atoms. The maximum absolute atomic E-state index is 12.5. The van der Waals surface area contributed by atoms with Gasteiger partial charge in [0.05, 0.1) is 18.4 Å². The number of rotatable bonds is 3. The quantitative estimate of drug-likeness (QED) is 0.848. The third-order valence-electron chi connectivity index (χ3n) is 3.51. The van der Waals surface area contributed by atoms with E-state index in [0.29, 0.717) is 36.0 Å². The maximum Gasteiger partial charge on any atom is 0.259 e. The first-order valence-corrected chi connectivity index (χ1v) is 6.80. The standard InChI is InChI=1S/C14H16N4O3/c1-9-13(10(2)21-17-9)14(19)18-6-3-11(8-18)20-12-7-15-4-5-16-12/h4-5,7,11H,3,6,8H2,1-2H3/t11-/m1/s1. The number of nitrogens with zero attached hydrogens (tertiary/aromatic N) is 4. The molecule has 2 aromatic rings. The molecule has 7 heteroatoms. The second-order valence-corrected chi connectivity index (χ2v) is 5.02. The molecule has 1 aliphatic heterocycles. The zero-order valence-electron chi connectivity index (χ0n) is 11.9. The fraction of sp³-hybridized carbons (Fsp3) is 0.429. The Morgan fingerprint density at radius 2 is 2.29 bits per heavy atom. The monoisotopic (exact) mass is 288 g/mol. The van der Waals surface area contributed by atoms with Crippen LogP contribution in [0.4, 0.5) is 0 Å². The number of carbonyl (C=O) groups is 1. The highest BCUT2D eigenvalue weighted by Crippen LogP contribution is 2.21. The van der Waals surface area contributed by atoms with E-state index in [0.717, 1.165) is 6.42 Å². The SMILES string of the molecule is Cc1noc(C)c1C(=O)N1CC[C@@H](Oc2cnccn2)C1. The first kappa shape index (κ1) is 13.5. The van der Waals surface area contributed by atoms with E-state index in [9.17, 15) is 4.79 Å². The van der Waals surface area contributed by atoms with E-state index in [1.165, 1.54) is 0 Å². The molecule has 1 aliphatic rings. The molecule has 21 heavy (non-hydrogen) atoms. The van der Waals surface area contributed by atoms with Crippen LogP contribution in [0.25, 0.3) is 0 Å². The summed E-state index contributed by atoms with van der Waals surface area (Å²) < 4.78 is 10.8. The smallest absolute Gasteiger partial charge is 0.259 e. The molecule has 0 saturated carbocycles. The van der Waals surface area contributed by atoms with Crippen molar-refractivity contribution in [3.63, 3.8) is 0 Å². The van der Waals surface area contributed by atoms with E-state index in [4.69, 9.17) is 9.26 Å². The summed E-state index contributed by atoms with van der Waals surface area (Å²) in [5.74, 6) is 0.974. The molecule has 0 unspecified atom stereocenters. The van der Waals surface area contributed by atoms with Crippen LogP contribution in [0.5, 0.6) is 5.88 Å². The van der Waals surface area contributed by atoms with Gasteiger partial charge in [0.1, 0.15) is 17.4 Å². The largest absolute Gasteiger partial charge is 0.471 e. The van der Waals surface area contributed by atoms with Gasteiger partial charge in [0.2, 0.25) is 5.88 Å². The van der Waals surface area contributed by atoms with Crippen LogP contribution in [-0.4, -0.2) is 45.1 Å². The summed E-state index contributed by atoms with van der Waals surface area (Å²) in [6.45, 7) is 4.69. The van der Waals surface area contributed by atoms with Crippen LogP contribution in [0, 0.1) is 13.8 Å². The van der Waals surface area contributed by atoms with Gasteiger partial charge < -0.3 is 14.2 Å². The van der Waals surface area contributed by atoms with Gasteiger partial charge in [-0.2, -0.15) is 0 Å². The minimum Gasteiger partial charge on any atom is -0.471 e. The van der Waals surface area contributed by atoms with Gasteiger partial charge in [-0.3, -0.25) is 9.78 Å². The molecule has 0 N–H and O–H groups in total. The number of hydrogen-bond donors (Lipinski definition) is 0. The first-order chi connectivity index (χ1) is 10.1. The molecule has 0 aliphatic carbocycles. The zero-order chi connectivity index (χ0) is 14.8. The molecule has 1 fully saturated rings. The lowest BCUT2D eigenvalue weighted by molar-refractivity contribution is 0.0768. The average molecular weight is 288 g/mol. The van der Waals surface area contributed by atoms with Gasteiger partial charge in [-0.1, -0.05) is 5.16 Å². The van der Waals surface area contributed by atoms with Crippen LogP contribution in [-0.2, 0) is 0 Å². The predicted octanol–water partition coefficient (Wildman–Crippen LogP) is 1.37. The Labute approximate surface area is 121 Å². The summed E-state index contributed by atoms with van der Waals surface area (Å²) in [7, 11) is 0. The molecule has 2 aromatic heterocycles. The van der Waals surface area contributed by atoms with E-state index >= 15 is 0 Å². The van der Waals surface area contributed by atoms with Gasteiger partial charge in [-0.25, -0.2) is 4.98 Å². The Kier molecular flexibility index (Phi) is 3.55. The van der Waals surface area contributed by atoms with Gasteiger partial charge in [0.15, 0.2) is 0 Å². The Bertz CT molecular complexity index is 621. The predicted molar refractivity (Wildman–Crippen MR) is 72.9 cm³/mol. The van der Waals surface area contributed by atoms with Gasteiger partial charge in [-0.15, -0.1) is 0 Å². The number of amides is 1. The molecule has 0 aromatic carbocycles. The number of ether oxygens (including phenoxy) is 1. The molecule has 0 radical (unpaired) electrons. The highest BCUT2D eigenvalue weighted by molar-refractivity contribution is 5.96. The average Bonchev–Trinajstić information content (AvgIpc) is 3.07. The van der Waals surface area contributed by atoms with E-state index in [-0.39, 0.29) is 12.0 Å². The minimum atomic E-state index is -0.0638. The van der Waals surface area contributed by atoms with Crippen molar-refractivity contribution in [2.75, 3.05) is 13.1 Å². The normalized spacial score (nSPS) is 18.0. The molecule has 110 valence electrons. The molecule has 1 saturated heterocycles.